The summed E-state index contributed by atoms with van der Waals surface area (Å²) in [6.07, 6.45) is 0. The number of thioether (sulfide) groups is 1. The molecular formula is C10H13NS. The number of thiocyanates is 1. The van der Waals surface area contributed by atoms with E-state index in [1.807, 2.05) is 50.4 Å². The van der Waals surface area contributed by atoms with Crippen LogP contribution < -0.4 is 0 Å². The molecule has 0 amide bonds. The molecule has 0 aliphatic heterocycles. The molecule has 1 aromatic rings. The molecule has 0 aromatic heterocycles. The smallest absolute Gasteiger partial charge is 0.138 e. The van der Waals surface area contributed by atoms with E-state index in [0.29, 0.717) is 0 Å². The Hall–Kier alpha value is -0.940. The second-order valence-corrected chi connectivity index (χ2v) is 2.79. The maximum atomic E-state index is 8.36. The van der Waals surface area contributed by atoms with Gasteiger partial charge in [0.15, 0.2) is 0 Å². The van der Waals surface area contributed by atoms with Crippen molar-refractivity contribution in [1.82, 2.24) is 0 Å². The van der Waals surface area contributed by atoms with Crippen molar-refractivity contribution in [2.75, 3.05) is 0 Å². The van der Waals surface area contributed by atoms with Crippen molar-refractivity contribution >= 4 is 11.8 Å². The van der Waals surface area contributed by atoms with E-state index in [1.165, 1.54) is 11.8 Å². The molecule has 0 unspecified atom stereocenters. The molecule has 0 aliphatic carbocycles. The maximum absolute atomic E-state index is 8.36. The lowest BCUT2D eigenvalue weighted by Crippen LogP contribution is -1.74. The number of rotatable bonds is 1. The summed E-state index contributed by atoms with van der Waals surface area (Å²) in [5, 5.41) is 10.4. The normalized spacial score (nSPS) is 7.83. The van der Waals surface area contributed by atoms with Crippen molar-refractivity contribution < 1.29 is 0 Å². The Bertz CT molecular complexity index is 263. The number of hydrogen-bond donors (Lipinski definition) is 0. The third-order valence-corrected chi connectivity index (χ3v) is 2.02. The van der Waals surface area contributed by atoms with Gasteiger partial charge in [-0.15, -0.1) is 0 Å². The van der Waals surface area contributed by atoms with Gasteiger partial charge in [-0.1, -0.05) is 32.0 Å². The van der Waals surface area contributed by atoms with Crippen molar-refractivity contribution in [3.8, 4) is 5.40 Å². The van der Waals surface area contributed by atoms with Crippen LogP contribution in [0.2, 0.25) is 0 Å². The number of hydrogen-bond acceptors (Lipinski definition) is 2. The van der Waals surface area contributed by atoms with Crippen LogP contribution in [0.25, 0.3) is 0 Å². The van der Waals surface area contributed by atoms with Gasteiger partial charge in [0, 0.05) is 4.90 Å². The van der Waals surface area contributed by atoms with Gasteiger partial charge in [0.2, 0.25) is 0 Å². The molecule has 0 atom stereocenters. The summed E-state index contributed by atoms with van der Waals surface area (Å²) >= 11 is 1.21. The van der Waals surface area contributed by atoms with Crippen LogP contribution in [-0.2, 0) is 0 Å². The average molecular weight is 179 g/mol. The predicted molar refractivity (Wildman–Crippen MR) is 54.0 cm³/mol. The highest BCUT2D eigenvalue weighted by Gasteiger charge is 1.93. The summed E-state index contributed by atoms with van der Waals surface area (Å²) in [5.74, 6) is 0. The van der Waals surface area contributed by atoms with Crippen LogP contribution in [0.15, 0.2) is 29.2 Å². The molecule has 1 nitrogen and oxygen atoms in total. The first-order valence-electron chi connectivity index (χ1n) is 3.96. The first kappa shape index (κ1) is 11.1. The molecule has 0 aliphatic rings. The molecule has 12 heavy (non-hydrogen) atoms. The first-order valence-corrected chi connectivity index (χ1v) is 4.78. The quantitative estimate of drug-likeness (QED) is 0.486. The van der Waals surface area contributed by atoms with Gasteiger partial charge in [0.1, 0.15) is 5.40 Å². The minimum atomic E-state index is 1.05. The second-order valence-electron chi connectivity index (χ2n) is 1.96. The van der Waals surface area contributed by atoms with Gasteiger partial charge in [0.25, 0.3) is 0 Å². The fraction of sp³-hybridized carbons (Fsp3) is 0.300. The molecule has 0 fully saturated rings. The largest absolute Gasteiger partial charge is 0.185 e. The number of aryl methyl sites for hydroxylation is 1. The Morgan fingerprint density at radius 1 is 1.25 bits per heavy atom. The van der Waals surface area contributed by atoms with Crippen molar-refractivity contribution in [1.29, 1.82) is 5.26 Å². The van der Waals surface area contributed by atoms with E-state index in [-0.39, 0.29) is 0 Å². The maximum Gasteiger partial charge on any atom is 0.138 e. The SMILES string of the molecule is CC.Cc1ccccc1SC#N. The van der Waals surface area contributed by atoms with Gasteiger partial charge in [-0.2, -0.15) is 5.26 Å². The summed E-state index contributed by atoms with van der Waals surface area (Å²) in [6.45, 7) is 6.00. The highest BCUT2D eigenvalue weighted by molar-refractivity contribution is 8.03. The fourth-order valence-corrected chi connectivity index (χ4v) is 1.19. The Kier molecular flexibility index (Phi) is 6.22. The lowest BCUT2D eigenvalue weighted by Gasteiger charge is -1.95. The van der Waals surface area contributed by atoms with Crippen molar-refractivity contribution in [3.05, 3.63) is 29.8 Å². The highest BCUT2D eigenvalue weighted by Crippen LogP contribution is 2.19. The lowest BCUT2D eigenvalue weighted by atomic mass is 10.2. The zero-order valence-corrected chi connectivity index (χ0v) is 8.48. The summed E-state index contributed by atoms with van der Waals surface area (Å²) in [7, 11) is 0. The van der Waals surface area contributed by atoms with Gasteiger partial charge < -0.3 is 0 Å². The van der Waals surface area contributed by atoms with Gasteiger partial charge in [-0.3, -0.25) is 0 Å². The van der Waals surface area contributed by atoms with Gasteiger partial charge >= 0.3 is 0 Å². The molecule has 1 aromatic carbocycles. The molecule has 0 bridgehead atoms. The summed E-state index contributed by atoms with van der Waals surface area (Å²) in [5.41, 5.74) is 1.16. The predicted octanol–water partition coefficient (Wildman–Crippen LogP) is 3.59. The van der Waals surface area contributed by atoms with Crippen LogP contribution in [0.3, 0.4) is 0 Å². The Balaban J connectivity index is 0.000000561. The molecule has 64 valence electrons. The summed E-state index contributed by atoms with van der Waals surface area (Å²) in [6, 6.07) is 7.85. The molecule has 0 radical (unpaired) electrons. The van der Waals surface area contributed by atoms with Crippen LogP contribution in [0.4, 0.5) is 0 Å². The van der Waals surface area contributed by atoms with E-state index in [4.69, 9.17) is 5.26 Å². The molecular weight excluding hydrogens is 166 g/mol. The van der Waals surface area contributed by atoms with E-state index in [2.05, 4.69) is 0 Å². The fourth-order valence-electron chi connectivity index (χ4n) is 0.720. The van der Waals surface area contributed by atoms with E-state index < -0.39 is 0 Å². The van der Waals surface area contributed by atoms with Crippen molar-refractivity contribution in [2.24, 2.45) is 0 Å². The Morgan fingerprint density at radius 3 is 2.33 bits per heavy atom. The van der Waals surface area contributed by atoms with Crippen LogP contribution >= 0.6 is 11.8 Å². The molecule has 0 heterocycles. The lowest BCUT2D eigenvalue weighted by molar-refractivity contribution is 1.31. The molecule has 2 heteroatoms. The minimum Gasteiger partial charge on any atom is -0.185 e. The molecule has 1 rings (SSSR count). The minimum absolute atomic E-state index is 1.05. The monoisotopic (exact) mass is 179 g/mol. The molecule has 0 saturated carbocycles. The molecule has 0 N–H and O–H groups in total. The summed E-state index contributed by atoms with van der Waals surface area (Å²) < 4.78 is 0. The second kappa shape index (κ2) is 6.75. The Morgan fingerprint density at radius 2 is 1.83 bits per heavy atom. The van der Waals surface area contributed by atoms with Crippen molar-refractivity contribution in [3.63, 3.8) is 0 Å². The van der Waals surface area contributed by atoms with Crippen molar-refractivity contribution in [2.45, 2.75) is 25.7 Å². The zero-order valence-electron chi connectivity index (χ0n) is 7.66. The Labute approximate surface area is 78.4 Å². The van der Waals surface area contributed by atoms with Gasteiger partial charge in [0.05, 0.1) is 0 Å². The van der Waals surface area contributed by atoms with E-state index >= 15 is 0 Å². The average Bonchev–Trinajstić information content (AvgIpc) is 2.13. The van der Waals surface area contributed by atoms with Gasteiger partial charge in [-0.25, -0.2) is 0 Å². The van der Waals surface area contributed by atoms with E-state index in [9.17, 15) is 0 Å². The number of nitriles is 1. The molecule has 0 saturated heterocycles. The van der Waals surface area contributed by atoms with Crippen LogP contribution in [0, 0.1) is 17.6 Å². The van der Waals surface area contributed by atoms with Crippen LogP contribution in [-0.4, -0.2) is 0 Å². The van der Waals surface area contributed by atoms with Crippen LogP contribution in [0.1, 0.15) is 19.4 Å². The highest BCUT2D eigenvalue weighted by atomic mass is 32.2. The molecule has 0 spiro atoms. The zero-order chi connectivity index (χ0) is 9.40. The van der Waals surface area contributed by atoms with E-state index in [0.717, 1.165) is 10.5 Å². The standard InChI is InChI=1S/C8H7NS.C2H6/c1-7-4-2-3-5-8(7)10-6-9;1-2/h2-5H,1H3;1-2H3. The topological polar surface area (TPSA) is 23.8 Å². The number of nitrogens with zero attached hydrogens (tertiary/aromatic N) is 1. The van der Waals surface area contributed by atoms with Gasteiger partial charge in [-0.05, 0) is 30.3 Å². The van der Waals surface area contributed by atoms with E-state index in [1.54, 1.807) is 0 Å². The number of benzene rings is 1. The summed E-state index contributed by atoms with van der Waals surface area (Å²) in [4.78, 5) is 1.05. The first-order chi connectivity index (χ1) is 5.84. The third-order valence-electron chi connectivity index (χ3n) is 1.25. The third kappa shape index (κ3) is 3.45. The van der Waals surface area contributed by atoms with Crippen LogP contribution in [0.5, 0.6) is 0 Å².